The van der Waals surface area contributed by atoms with Crippen LogP contribution in [0.1, 0.15) is 42.5 Å². The molecule has 4 heterocycles. The van der Waals surface area contributed by atoms with Crippen molar-refractivity contribution in [3.8, 4) is 11.9 Å². The van der Waals surface area contributed by atoms with Gasteiger partial charge in [-0.15, -0.1) is 0 Å². The van der Waals surface area contributed by atoms with Crippen LogP contribution in [0.5, 0.6) is 5.88 Å². The zero-order valence-corrected chi connectivity index (χ0v) is 17.3. The van der Waals surface area contributed by atoms with Gasteiger partial charge < -0.3 is 14.7 Å². The Bertz CT molecular complexity index is 1380. The lowest BCUT2D eigenvalue weighted by atomic mass is 9.98. The fraction of sp³-hybridized carbons (Fsp3) is 0.304. The summed E-state index contributed by atoms with van der Waals surface area (Å²) in [6.45, 7) is 7.60. The average Bonchev–Trinajstić information content (AvgIpc) is 3.19. The number of nitriles is 1. The summed E-state index contributed by atoms with van der Waals surface area (Å²) in [7, 11) is 0. The summed E-state index contributed by atoms with van der Waals surface area (Å²) >= 11 is 0. The fourth-order valence-electron chi connectivity index (χ4n) is 4.38. The van der Waals surface area contributed by atoms with Gasteiger partial charge in [-0.2, -0.15) is 5.26 Å². The maximum absolute atomic E-state index is 10.2. The van der Waals surface area contributed by atoms with E-state index in [2.05, 4.69) is 51.6 Å². The molecule has 1 aromatic carbocycles. The fourth-order valence-corrected chi connectivity index (χ4v) is 4.38. The number of pyridine rings is 2. The zero-order valence-electron chi connectivity index (χ0n) is 17.3. The third-order valence-corrected chi connectivity index (χ3v) is 5.80. The Morgan fingerprint density at radius 2 is 1.83 bits per heavy atom. The molecule has 2 N–H and O–H groups in total. The summed E-state index contributed by atoms with van der Waals surface area (Å²) in [5, 5.41) is 11.9. The summed E-state index contributed by atoms with van der Waals surface area (Å²) in [5.74, 6) is 1.43. The molecule has 3 aromatic heterocycles. The highest BCUT2D eigenvalue weighted by Crippen LogP contribution is 2.41. The minimum Gasteiger partial charge on any atom is -0.470 e. The SMILES string of the molecule is CC[N+](CC)=c1nc2[nH]c(C)nc3[nH]c4c(c(c1C#N)c23)C[C@@H](c1ccccc1)O4. The molecule has 0 spiro atoms. The van der Waals surface area contributed by atoms with E-state index >= 15 is 0 Å². The van der Waals surface area contributed by atoms with Crippen molar-refractivity contribution in [2.24, 2.45) is 0 Å². The summed E-state index contributed by atoms with van der Waals surface area (Å²) in [6, 6.07) is 12.6. The number of ether oxygens (including phenoxy) is 1. The van der Waals surface area contributed by atoms with Crippen molar-refractivity contribution in [2.75, 3.05) is 13.1 Å². The van der Waals surface area contributed by atoms with Crippen molar-refractivity contribution in [1.29, 1.82) is 5.26 Å². The molecule has 0 fully saturated rings. The van der Waals surface area contributed by atoms with Crippen LogP contribution in [0.4, 0.5) is 0 Å². The van der Waals surface area contributed by atoms with Gasteiger partial charge in [0.15, 0.2) is 11.4 Å². The summed E-state index contributed by atoms with van der Waals surface area (Å²) in [5.41, 5.74) is 4.82. The highest BCUT2D eigenvalue weighted by molar-refractivity contribution is 6.08. The van der Waals surface area contributed by atoms with E-state index in [4.69, 9.17) is 9.72 Å². The predicted molar refractivity (Wildman–Crippen MR) is 115 cm³/mol. The number of rotatable bonds is 3. The average molecular weight is 399 g/mol. The summed E-state index contributed by atoms with van der Waals surface area (Å²) in [6.07, 6.45) is 0.584. The monoisotopic (exact) mass is 399 g/mol. The van der Waals surface area contributed by atoms with Crippen molar-refractivity contribution in [2.45, 2.75) is 33.3 Å². The lowest BCUT2D eigenvalue weighted by Gasteiger charge is -2.11. The number of nitrogens with zero attached hydrogens (tertiary/aromatic N) is 4. The number of aryl methyl sites for hydroxylation is 1. The van der Waals surface area contributed by atoms with Gasteiger partial charge in [0.25, 0.3) is 5.65 Å². The van der Waals surface area contributed by atoms with Crippen LogP contribution in [0.15, 0.2) is 30.3 Å². The third kappa shape index (κ3) is 2.68. The van der Waals surface area contributed by atoms with Gasteiger partial charge in [-0.25, -0.2) is 4.98 Å². The molecule has 0 bridgehead atoms. The molecular formula is C23H23N6O+. The molecule has 7 heteroatoms. The Labute approximate surface area is 173 Å². The number of H-pyrrole nitrogens is 2. The summed E-state index contributed by atoms with van der Waals surface area (Å²) < 4.78 is 8.42. The number of aromatic nitrogens is 4. The molecule has 4 aromatic rings. The molecule has 1 aliphatic rings. The molecular weight excluding hydrogens is 376 g/mol. The smallest absolute Gasteiger partial charge is 0.339 e. The normalized spacial score (nSPS) is 15.2. The lowest BCUT2D eigenvalue weighted by molar-refractivity contribution is 0.231. The Balaban J connectivity index is 1.90. The number of benzene rings is 1. The molecule has 150 valence electrons. The van der Waals surface area contributed by atoms with Gasteiger partial charge in [0.1, 0.15) is 23.6 Å². The highest BCUT2D eigenvalue weighted by Gasteiger charge is 2.32. The van der Waals surface area contributed by atoms with E-state index in [1.807, 2.05) is 25.1 Å². The lowest BCUT2D eigenvalue weighted by Crippen LogP contribution is -2.34. The van der Waals surface area contributed by atoms with Crippen LogP contribution in [0.25, 0.3) is 22.1 Å². The van der Waals surface area contributed by atoms with Crippen molar-refractivity contribution in [3.05, 3.63) is 58.3 Å². The van der Waals surface area contributed by atoms with Crippen molar-refractivity contribution >= 4 is 22.1 Å². The van der Waals surface area contributed by atoms with Crippen LogP contribution >= 0.6 is 0 Å². The van der Waals surface area contributed by atoms with Crippen LogP contribution in [-0.4, -0.2) is 33.0 Å². The minimum absolute atomic E-state index is 0.102. The van der Waals surface area contributed by atoms with Crippen LogP contribution in [0, 0.1) is 18.3 Å². The second-order valence-corrected chi connectivity index (χ2v) is 7.52. The van der Waals surface area contributed by atoms with Crippen molar-refractivity contribution in [1.82, 2.24) is 24.5 Å². The van der Waals surface area contributed by atoms with Crippen LogP contribution < -0.4 is 14.8 Å². The summed E-state index contributed by atoms with van der Waals surface area (Å²) in [4.78, 5) is 16.1. The topological polar surface area (TPSA) is 93.4 Å². The van der Waals surface area contributed by atoms with Crippen molar-refractivity contribution in [3.63, 3.8) is 0 Å². The Morgan fingerprint density at radius 1 is 1.10 bits per heavy atom. The number of hydrogen-bond donors (Lipinski definition) is 2. The molecule has 0 aliphatic carbocycles. The van der Waals surface area contributed by atoms with Gasteiger partial charge >= 0.3 is 5.49 Å². The number of fused-ring (bicyclic) bond motifs is 2. The number of nitrogens with one attached hydrogen (secondary N) is 2. The second-order valence-electron chi connectivity index (χ2n) is 7.52. The Hall–Kier alpha value is -3.66. The van der Waals surface area contributed by atoms with E-state index in [0.717, 1.165) is 46.5 Å². The molecule has 0 radical (unpaired) electrons. The minimum atomic E-state index is -0.102. The molecule has 1 atom stereocenters. The second kappa shape index (κ2) is 6.99. The first-order chi connectivity index (χ1) is 14.6. The van der Waals surface area contributed by atoms with E-state index in [9.17, 15) is 5.26 Å². The van der Waals surface area contributed by atoms with Gasteiger partial charge in [0.2, 0.25) is 0 Å². The molecule has 1 aliphatic heterocycles. The van der Waals surface area contributed by atoms with Crippen LogP contribution in [-0.2, 0) is 6.42 Å². The third-order valence-electron chi connectivity index (χ3n) is 5.80. The maximum atomic E-state index is 10.2. The molecule has 0 saturated heterocycles. The zero-order chi connectivity index (χ0) is 20.8. The first-order valence-corrected chi connectivity index (χ1v) is 10.3. The van der Waals surface area contributed by atoms with Gasteiger partial charge in [0, 0.05) is 17.4 Å². The van der Waals surface area contributed by atoms with Crippen LogP contribution in [0.2, 0.25) is 0 Å². The first-order valence-electron chi connectivity index (χ1n) is 10.3. The molecule has 0 amide bonds. The van der Waals surface area contributed by atoms with Crippen molar-refractivity contribution < 1.29 is 4.74 Å². The standard InChI is InChI=1S/C23H22N6O/c1-4-29(5-2)22-16(12-24)18-15-11-17(14-9-7-6-8-10-14)30-23(15)28-21-19(18)20(27-22)25-13(3)26-21/h6-10,17H,4-5,11H2,1-3H3,(H,25,26,27,28)/p+1/t17-/m0/s1. The quantitative estimate of drug-likeness (QED) is 0.518. The Kier molecular flexibility index (Phi) is 4.28. The van der Waals surface area contributed by atoms with E-state index in [1.165, 1.54) is 0 Å². The highest BCUT2D eigenvalue weighted by atomic mass is 16.5. The van der Waals surface area contributed by atoms with Gasteiger partial charge in [0.05, 0.1) is 18.5 Å². The van der Waals surface area contributed by atoms with Crippen LogP contribution in [0.3, 0.4) is 0 Å². The number of aromatic amines is 2. The maximum Gasteiger partial charge on any atom is 0.339 e. The number of hydrogen-bond acceptors (Lipinski definition) is 4. The van der Waals surface area contributed by atoms with Gasteiger partial charge in [-0.05, 0) is 31.3 Å². The molecule has 7 nitrogen and oxygen atoms in total. The van der Waals surface area contributed by atoms with E-state index < -0.39 is 0 Å². The largest absolute Gasteiger partial charge is 0.470 e. The molecule has 0 saturated carbocycles. The first kappa shape index (κ1) is 18.4. The van der Waals surface area contributed by atoms with Gasteiger partial charge in [-0.3, -0.25) is 4.58 Å². The van der Waals surface area contributed by atoms with E-state index in [-0.39, 0.29) is 6.10 Å². The molecule has 30 heavy (non-hydrogen) atoms. The van der Waals surface area contributed by atoms with Gasteiger partial charge in [-0.1, -0.05) is 30.3 Å². The van der Waals surface area contributed by atoms with E-state index in [0.29, 0.717) is 29.0 Å². The van der Waals surface area contributed by atoms with E-state index in [1.54, 1.807) is 0 Å². The molecule has 5 rings (SSSR count). The Morgan fingerprint density at radius 3 is 2.53 bits per heavy atom. The predicted octanol–water partition coefficient (Wildman–Crippen LogP) is 3.11. The molecule has 0 unspecified atom stereocenters.